The highest BCUT2D eigenvalue weighted by atomic mass is 16.3. The fraction of sp³-hybridized carbons (Fsp3) is 0.714. The lowest BCUT2D eigenvalue weighted by molar-refractivity contribution is 0.181. The zero-order chi connectivity index (χ0) is 14.3. The van der Waals surface area contributed by atoms with E-state index in [0.717, 1.165) is 43.4 Å². The topological polar surface area (TPSA) is 61.3 Å². The lowest BCUT2D eigenvalue weighted by Gasteiger charge is -2.25. The summed E-state index contributed by atoms with van der Waals surface area (Å²) in [6.07, 6.45) is 0.782. The summed E-state index contributed by atoms with van der Waals surface area (Å²) in [4.78, 5) is 11.3. The minimum absolute atomic E-state index is 0.223. The Morgan fingerprint density at radius 3 is 2.68 bits per heavy atom. The Morgan fingerprint density at radius 1 is 1.37 bits per heavy atom. The Kier molecular flexibility index (Phi) is 6.73. The first-order valence-corrected chi connectivity index (χ1v) is 7.00. The molecule has 19 heavy (non-hydrogen) atoms. The van der Waals surface area contributed by atoms with E-state index in [1.807, 2.05) is 13.0 Å². The van der Waals surface area contributed by atoms with E-state index in [1.165, 1.54) is 0 Å². The van der Waals surface area contributed by atoms with Crippen LogP contribution in [0.4, 0.5) is 5.82 Å². The van der Waals surface area contributed by atoms with Gasteiger partial charge < -0.3 is 10.4 Å². The molecule has 0 aliphatic rings. The maximum absolute atomic E-state index is 8.95. The van der Waals surface area contributed by atoms with Crippen molar-refractivity contribution in [3.8, 4) is 0 Å². The Labute approximate surface area is 116 Å². The number of hydrogen-bond donors (Lipinski definition) is 2. The van der Waals surface area contributed by atoms with Crippen molar-refractivity contribution in [2.24, 2.45) is 0 Å². The molecular formula is C14H26N4O. The minimum Gasteiger partial charge on any atom is -0.396 e. The van der Waals surface area contributed by atoms with Crippen LogP contribution in [-0.4, -0.2) is 45.7 Å². The van der Waals surface area contributed by atoms with E-state index < -0.39 is 0 Å². The van der Waals surface area contributed by atoms with E-state index >= 15 is 0 Å². The summed E-state index contributed by atoms with van der Waals surface area (Å²) in [5.41, 5.74) is 0.979. The predicted octanol–water partition coefficient (Wildman–Crippen LogP) is 1.81. The average Bonchev–Trinajstić information content (AvgIpc) is 2.33. The highest BCUT2D eigenvalue weighted by Crippen LogP contribution is 2.10. The van der Waals surface area contributed by atoms with Crippen molar-refractivity contribution in [1.82, 2.24) is 14.9 Å². The van der Waals surface area contributed by atoms with Crippen molar-refractivity contribution in [2.45, 2.75) is 46.7 Å². The van der Waals surface area contributed by atoms with Crippen molar-refractivity contribution < 1.29 is 5.11 Å². The van der Waals surface area contributed by atoms with E-state index in [1.54, 1.807) is 0 Å². The van der Waals surface area contributed by atoms with Crippen LogP contribution < -0.4 is 5.32 Å². The SMILES string of the molecule is CCNc1cc(C)nc(CN(CCCO)C(C)C)n1. The molecular weight excluding hydrogens is 240 g/mol. The number of aromatic nitrogens is 2. The third-order valence-electron chi connectivity index (χ3n) is 2.94. The number of nitrogens with zero attached hydrogens (tertiary/aromatic N) is 3. The summed E-state index contributed by atoms with van der Waals surface area (Å²) >= 11 is 0. The van der Waals surface area contributed by atoms with Gasteiger partial charge in [-0.05, 0) is 34.1 Å². The maximum atomic E-state index is 8.95. The normalized spacial score (nSPS) is 11.3. The van der Waals surface area contributed by atoms with Gasteiger partial charge in [0.1, 0.15) is 11.6 Å². The van der Waals surface area contributed by atoms with Crippen LogP contribution in [0.25, 0.3) is 0 Å². The summed E-state index contributed by atoms with van der Waals surface area (Å²) in [7, 11) is 0. The Hall–Kier alpha value is -1.20. The van der Waals surface area contributed by atoms with Gasteiger partial charge in [-0.3, -0.25) is 4.90 Å². The van der Waals surface area contributed by atoms with E-state index in [9.17, 15) is 0 Å². The fourth-order valence-electron chi connectivity index (χ4n) is 1.95. The molecule has 0 radical (unpaired) electrons. The molecule has 0 spiro atoms. The van der Waals surface area contributed by atoms with Crippen LogP contribution in [0, 0.1) is 6.92 Å². The summed E-state index contributed by atoms with van der Waals surface area (Å²) < 4.78 is 0. The van der Waals surface area contributed by atoms with Gasteiger partial charge in [0.15, 0.2) is 0 Å². The van der Waals surface area contributed by atoms with Gasteiger partial charge in [0.25, 0.3) is 0 Å². The van der Waals surface area contributed by atoms with Crippen LogP contribution in [0.15, 0.2) is 6.07 Å². The minimum atomic E-state index is 0.223. The maximum Gasteiger partial charge on any atom is 0.144 e. The van der Waals surface area contributed by atoms with Crippen molar-refractivity contribution in [2.75, 3.05) is 25.0 Å². The van der Waals surface area contributed by atoms with Gasteiger partial charge in [0.2, 0.25) is 0 Å². The summed E-state index contributed by atoms with van der Waals surface area (Å²) in [6.45, 7) is 11.0. The second-order valence-corrected chi connectivity index (χ2v) is 4.98. The third-order valence-corrected chi connectivity index (χ3v) is 2.94. The van der Waals surface area contributed by atoms with Crippen LogP contribution in [0.2, 0.25) is 0 Å². The monoisotopic (exact) mass is 266 g/mol. The molecule has 0 saturated heterocycles. The molecule has 0 bridgehead atoms. The molecule has 5 nitrogen and oxygen atoms in total. The van der Waals surface area contributed by atoms with E-state index in [-0.39, 0.29) is 6.61 Å². The average molecular weight is 266 g/mol. The van der Waals surface area contributed by atoms with E-state index in [2.05, 4.69) is 41.0 Å². The van der Waals surface area contributed by atoms with Crippen molar-refractivity contribution >= 4 is 5.82 Å². The van der Waals surface area contributed by atoms with Crippen LogP contribution in [-0.2, 0) is 6.54 Å². The molecule has 0 aliphatic heterocycles. The molecule has 0 amide bonds. The second-order valence-electron chi connectivity index (χ2n) is 4.98. The van der Waals surface area contributed by atoms with Gasteiger partial charge in [0, 0.05) is 37.5 Å². The zero-order valence-corrected chi connectivity index (χ0v) is 12.5. The van der Waals surface area contributed by atoms with Crippen LogP contribution in [0.5, 0.6) is 0 Å². The molecule has 0 aliphatic carbocycles. The summed E-state index contributed by atoms with van der Waals surface area (Å²) in [5, 5.41) is 12.2. The summed E-state index contributed by atoms with van der Waals surface area (Å²) in [6, 6.07) is 2.37. The molecule has 0 unspecified atom stereocenters. The van der Waals surface area contributed by atoms with Gasteiger partial charge in [-0.25, -0.2) is 9.97 Å². The first kappa shape index (κ1) is 15.9. The van der Waals surface area contributed by atoms with Gasteiger partial charge in [-0.1, -0.05) is 0 Å². The number of nitrogens with one attached hydrogen (secondary N) is 1. The Bertz CT molecular complexity index is 382. The van der Waals surface area contributed by atoms with Gasteiger partial charge in [0.05, 0.1) is 6.54 Å². The lowest BCUT2D eigenvalue weighted by atomic mass is 10.2. The molecule has 1 aromatic rings. The van der Waals surface area contributed by atoms with Crippen LogP contribution in [0.3, 0.4) is 0 Å². The zero-order valence-electron chi connectivity index (χ0n) is 12.5. The quantitative estimate of drug-likeness (QED) is 0.751. The molecule has 1 heterocycles. The number of rotatable bonds is 8. The number of aliphatic hydroxyl groups excluding tert-OH is 1. The molecule has 5 heteroatoms. The fourth-order valence-corrected chi connectivity index (χ4v) is 1.95. The predicted molar refractivity (Wildman–Crippen MR) is 78.2 cm³/mol. The van der Waals surface area contributed by atoms with Crippen LogP contribution in [0.1, 0.15) is 38.7 Å². The Balaban J connectivity index is 2.77. The molecule has 0 fully saturated rings. The molecule has 0 atom stereocenters. The Morgan fingerprint density at radius 2 is 2.11 bits per heavy atom. The highest BCUT2D eigenvalue weighted by molar-refractivity contribution is 5.35. The van der Waals surface area contributed by atoms with E-state index in [0.29, 0.717) is 6.04 Å². The first-order valence-electron chi connectivity index (χ1n) is 7.00. The number of aryl methyl sites for hydroxylation is 1. The van der Waals surface area contributed by atoms with Crippen molar-refractivity contribution in [3.05, 3.63) is 17.6 Å². The molecule has 1 aromatic heterocycles. The van der Waals surface area contributed by atoms with E-state index in [4.69, 9.17) is 5.11 Å². The second kappa shape index (κ2) is 8.07. The number of aliphatic hydroxyl groups is 1. The smallest absolute Gasteiger partial charge is 0.144 e. The largest absolute Gasteiger partial charge is 0.396 e. The number of hydrogen-bond acceptors (Lipinski definition) is 5. The summed E-state index contributed by atoms with van der Waals surface area (Å²) in [5.74, 6) is 1.72. The molecule has 108 valence electrons. The van der Waals surface area contributed by atoms with Crippen molar-refractivity contribution in [3.63, 3.8) is 0 Å². The number of anilines is 1. The van der Waals surface area contributed by atoms with Crippen LogP contribution >= 0.6 is 0 Å². The molecule has 0 saturated carbocycles. The molecule has 2 N–H and O–H groups in total. The van der Waals surface area contributed by atoms with Gasteiger partial charge >= 0.3 is 0 Å². The molecule has 0 aromatic carbocycles. The van der Waals surface area contributed by atoms with Gasteiger partial charge in [-0.2, -0.15) is 0 Å². The highest BCUT2D eigenvalue weighted by Gasteiger charge is 2.12. The third kappa shape index (κ3) is 5.53. The van der Waals surface area contributed by atoms with Gasteiger partial charge in [-0.15, -0.1) is 0 Å². The van der Waals surface area contributed by atoms with Crippen molar-refractivity contribution in [1.29, 1.82) is 0 Å². The standard InChI is InChI=1S/C14H26N4O/c1-5-15-13-9-12(4)16-14(17-13)10-18(11(2)3)7-6-8-19/h9,11,19H,5-8,10H2,1-4H3,(H,15,16,17). The lowest BCUT2D eigenvalue weighted by Crippen LogP contribution is -2.32. The molecule has 1 rings (SSSR count). The first-order chi connectivity index (χ1) is 9.06.